The molecule has 2 aromatic carbocycles. The first-order chi connectivity index (χ1) is 12.2. The zero-order valence-electron chi connectivity index (χ0n) is 14.7. The van der Waals surface area contributed by atoms with Crippen molar-refractivity contribution in [3.8, 4) is 11.5 Å². The summed E-state index contributed by atoms with van der Waals surface area (Å²) in [6.45, 7) is 3.39. The Morgan fingerprint density at radius 3 is 2.68 bits per heavy atom. The van der Waals surface area contributed by atoms with Crippen molar-refractivity contribution in [3.63, 3.8) is 0 Å². The van der Waals surface area contributed by atoms with Gasteiger partial charge < -0.3 is 14.8 Å². The highest BCUT2D eigenvalue weighted by molar-refractivity contribution is 6.32. The van der Waals surface area contributed by atoms with Crippen LogP contribution in [0.4, 0.5) is 0 Å². The fourth-order valence-electron chi connectivity index (χ4n) is 2.45. The molecule has 0 radical (unpaired) electrons. The van der Waals surface area contributed by atoms with E-state index >= 15 is 0 Å². The minimum Gasteiger partial charge on any atom is -0.495 e. The van der Waals surface area contributed by atoms with Crippen LogP contribution < -0.4 is 14.8 Å². The Morgan fingerprint density at radius 1 is 1.16 bits per heavy atom. The molecule has 1 N–H and O–H groups in total. The summed E-state index contributed by atoms with van der Waals surface area (Å²) >= 11 is 6.06. The number of hydrogen-bond acceptors (Lipinski definition) is 3. The molecule has 0 saturated heterocycles. The molecular formula is C20H24ClNO3. The van der Waals surface area contributed by atoms with Crippen LogP contribution in [0.5, 0.6) is 11.5 Å². The van der Waals surface area contributed by atoms with E-state index in [9.17, 15) is 4.79 Å². The number of rotatable bonds is 9. The second-order valence-corrected chi connectivity index (χ2v) is 6.07. The maximum atomic E-state index is 12.2. The summed E-state index contributed by atoms with van der Waals surface area (Å²) < 4.78 is 10.8. The third-order valence-corrected chi connectivity index (χ3v) is 4.05. The number of benzene rings is 2. The van der Waals surface area contributed by atoms with Crippen molar-refractivity contribution in [2.75, 3.05) is 20.3 Å². The van der Waals surface area contributed by atoms with Gasteiger partial charge in [-0.3, -0.25) is 4.79 Å². The molecule has 0 unspecified atom stereocenters. The van der Waals surface area contributed by atoms with Crippen LogP contribution in [0.15, 0.2) is 42.5 Å². The number of amides is 1. The van der Waals surface area contributed by atoms with Gasteiger partial charge in [-0.05, 0) is 49.1 Å². The topological polar surface area (TPSA) is 47.6 Å². The third kappa shape index (κ3) is 5.68. The fraction of sp³-hybridized carbons (Fsp3) is 0.350. The molecule has 25 heavy (non-hydrogen) atoms. The summed E-state index contributed by atoms with van der Waals surface area (Å²) in [6, 6.07) is 13.0. The van der Waals surface area contributed by atoms with E-state index in [4.69, 9.17) is 21.1 Å². The van der Waals surface area contributed by atoms with Crippen LogP contribution in [0.1, 0.15) is 35.7 Å². The first-order valence-corrected chi connectivity index (χ1v) is 8.86. The largest absolute Gasteiger partial charge is 0.495 e. The van der Waals surface area contributed by atoms with Gasteiger partial charge in [0.15, 0.2) is 0 Å². The van der Waals surface area contributed by atoms with Crippen molar-refractivity contribution in [2.24, 2.45) is 0 Å². The number of ether oxygens (including phenoxy) is 2. The van der Waals surface area contributed by atoms with Crippen molar-refractivity contribution in [2.45, 2.75) is 26.2 Å². The Labute approximate surface area is 154 Å². The molecule has 0 aromatic heterocycles. The Kier molecular flexibility index (Phi) is 7.61. The molecule has 5 heteroatoms. The molecule has 0 fully saturated rings. The highest BCUT2D eigenvalue weighted by atomic mass is 35.5. The Bertz CT molecular complexity index is 703. The van der Waals surface area contributed by atoms with Gasteiger partial charge >= 0.3 is 0 Å². The van der Waals surface area contributed by atoms with E-state index < -0.39 is 0 Å². The molecule has 4 nitrogen and oxygen atoms in total. The minimum atomic E-state index is -0.139. The first kappa shape index (κ1) is 19.1. The fourth-order valence-corrected chi connectivity index (χ4v) is 2.71. The standard InChI is InChI=1S/C20H24ClNO3/c1-3-13-25-18-9-5-4-7-15(18)8-6-12-22-20(23)16-10-11-19(24-2)17(21)14-16/h4-5,7,9-11,14H,3,6,8,12-13H2,1-2H3,(H,22,23). The second kappa shape index (κ2) is 9.94. The average Bonchev–Trinajstić information content (AvgIpc) is 2.64. The van der Waals surface area contributed by atoms with Crippen LogP contribution in [-0.2, 0) is 6.42 Å². The zero-order valence-corrected chi connectivity index (χ0v) is 15.4. The van der Waals surface area contributed by atoms with Gasteiger partial charge in [0.25, 0.3) is 5.91 Å². The third-order valence-electron chi connectivity index (χ3n) is 3.76. The Morgan fingerprint density at radius 2 is 1.96 bits per heavy atom. The number of methoxy groups -OCH3 is 1. The van der Waals surface area contributed by atoms with E-state index in [2.05, 4.69) is 18.3 Å². The molecule has 0 bridgehead atoms. The molecule has 2 aromatic rings. The number of nitrogens with one attached hydrogen (secondary N) is 1. The van der Waals surface area contributed by atoms with Gasteiger partial charge in [-0.1, -0.05) is 36.7 Å². The maximum absolute atomic E-state index is 12.2. The van der Waals surface area contributed by atoms with Crippen molar-refractivity contribution in [3.05, 3.63) is 58.6 Å². The van der Waals surface area contributed by atoms with Gasteiger partial charge in [0.2, 0.25) is 0 Å². The van der Waals surface area contributed by atoms with Gasteiger partial charge in [-0.25, -0.2) is 0 Å². The van der Waals surface area contributed by atoms with Crippen molar-refractivity contribution < 1.29 is 14.3 Å². The monoisotopic (exact) mass is 361 g/mol. The lowest BCUT2D eigenvalue weighted by Gasteiger charge is -2.11. The van der Waals surface area contributed by atoms with E-state index in [1.165, 1.54) is 0 Å². The molecular weight excluding hydrogens is 338 g/mol. The van der Waals surface area contributed by atoms with E-state index in [-0.39, 0.29) is 5.91 Å². The molecule has 2 rings (SSSR count). The number of carbonyl (C=O) groups is 1. The lowest BCUT2D eigenvalue weighted by Crippen LogP contribution is -2.24. The van der Waals surface area contributed by atoms with Crippen LogP contribution in [0, 0.1) is 0 Å². The van der Waals surface area contributed by atoms with Gasteiger partial charge in [-0.2, -0.15) is 0 Å². The number of para-hydroxylation sites is 1. The van der Waals surface area contributed by atoms with Crippen molar-refractivity contribution >= 4 is 17.5 Å². The van der Waals surface area contributed by atoms with Crippen molar-refractivity contribution in [1.29, 1.82) is 0 Å². The molecule has 134 valence electrons. The van der Waals surface area contributed by atoms with Crippen molar-refractivity contribution in [1.82, 2.24) is 5.32 Å². The average molecular weight is 362 g/mol. The number of aryl methyl sites for hydroxylation is 1. The highest BCUT2D eigenvalue weighted by Gasteiger charge is 2.09. The number of halogens is 1. The van der Waals surface area contributed by atoms with Gasteiger partial charge in [0, 0.05) is 12.1 Å². The molecule has 0 aliphatic rings. The lowest BCUT2D eigenvalue weighted by molar-refractivity contribution is 0.0953. The summed E-state index contributed by atoms with van der Waals surface area (Å²) in [5, 5.41) is 3.35. The number of hydrogen-bond donors (Lipinski definition) is 1. The minimum absolute atomic E-state index is 0.139. The number of carbonyl (C=O) groups excluding carboxylic acids is 1. The lowest BCUT2D eigenvalue weighted by atomic mass is 10.1. The van der Waals surface area contributed by atoms with Gasteiger partial charge in [0.05, 0.1) is 18.7 Å². The molecule has 0 heterocycles. The van der Waals surface area contributed by atoms with Crippen LogP contribution in [0.3, 0.4) is 0 Å². The van der Waals surface area contributed by atoms with Gasteiger partial charge in [0.1, 0.15) is 11.5 Å². The van der Waals surface area contributed by atoms with E-state index in [1.807, 2.05) is 18.2 Å². The predicted molar refractivity (Wildman–Crippen MR) is 101 cm³/mol. The summed E-state index contributed by atoms with van der Waals surface area (Å²) in [5.74, 6) is 1.35. The molecule has 0 saturated carbocycles. The smallest absolute Gasteiger partial charge is 0.251 e. The van der Waals surface area contributed by atoms with Gasteiger partial charge in [-0.15, -0.1) is 0 Å². The summed E-state index contributed by atoms with van der Waals surface area (Å²) in [7, 11) is 1.54. The van der Waals surface area contributed by atoms with Crippen LogP contribution in [0.2, 0.25) is 5.02 Å². The van der Waals surface area contributed by atoms with E-state index in [1.54, 1.807) is 25.3 Å². The summed E-state index contributed by atoms with van der Waals surface area (Å²) in [5.41, 5.74) is 1.69. The molecule has 0 aliphatic carbocycles. The highest BCUT2D eigenvalue weighted by Crippen LogP contribution is 2.25. The predicted octanol–water partition coefficient (Wildman–Crippen LogP) is 4.50. The normalized spacial score (nSPS) is 10.4. The van der Waals surface area contributed by atoms with E-state index in [0.29, 0.717) is 29.5 Å². The molecule has 0 atom stereocenters. The Hall–Kier alpha value is -2.20. The van der Waals surface area contributed by atoms with Crippen LogP contribution >= 0.6 is 11.6 Å². The molecule has 1 amide bonds. The quantitative estimate of drug-likeness (QED) is 0.669. The summed E-state index contributed by atoms with van der Waals surface area (Å²) in [4.78, 5) is 12.2. The SMILES string of the molecule is CCCOc1ccccc1CCCNC(=O)c1ccc(OC)c(Cl)c1. The maximum Gasteiger partial charge on any atom is 0.251 e. The summed E-state index contributed by atoms with van der Waals surface area (Å²) in [6.07, 6.45) is 2.67. The molecule has 0 aliphatic heterocycles. The van der Waals surface area contributed by atoms with E-state index in [0.717, 1.165) is 30.6 Å². The zero-order chi connectivity index (χ0) is 18.1. The second-order valence-electron chi connectivity index (χ2n) is 5.66. The van der Waals surface area contributed by atoms with Crippen LogP contribution in [-0.4, -0.2) is 26.2 Å². The first-order valence-electron chi connectivity index (χ1n) is 8.48. The molecule has 0 spiro atoms. The van der Waals surface area contributed by atoms with Crippen LogP contribution in [0.25, 0.3) is 0 Å². The Balaban J connectivity index is 1.83.